The van der Waals surface area contributed by atoms with Gasteiger partial charge < -0.3 is 10.5 Å². The molecule has 0 bridgehead atoms. The Kier molecular flexibility index (Phi) is 4.39. The van der Waals surface area contributed by atoms with Crippen molar-refractivity contribution in [3.8, 4) is 5.75 Å². The van der Waals surface area contributed by atoms with Crippen LogP contribution in [-0.4, -0.2) is 12.6 Å². The zero-order valence-electron chi connectivity index (χ0n) is 10.4. The molecule has 0 saturated carbocycles. The highest BCUT2D eigenvalue weighted by Crippen LogP contribution is 2.27. The Labute approximate surface area is 106 Å². The van der Waals surface area contributed by atoms with E-state index in [1.54, 1.807) is 0 Å². The lowest BCUT2D eigenvalue weighted by atomic mass is 9.89. The second kappa shape index (κ2) is 5.19. The average molecular weight is 286 g/mol. The van der Waals surface area contributed by atoms with Crippen molar-refractivity contribution in [1.29, 1.82) is 0 Å². The van der Waals surface area contributed by atoms with Crippen LogP contribution in [0.1, 0.15) is 26.3 Å². The van der Waals surface area contributed by atoms with Crippen LogP contribution in [0.25, 0.3) is 0 Å². The van der Waals surface area contributed by atoms with Crippen molar-refractivity contribution in [2.45, 2.75) is 33.8 Å². The fraction of sp³-hybridized carbons (Fsp3) is 0.538. The van der Waals surface area contributed by atoms with Crippen LogP contribution in [0, 0.1) is 12.3 Å². The molecule has 0 amide bonds. The van der Waals surface area contributed by atoms with Crippen LogP contribution in [0.5, 0.6) is 5.75 Å². The summed E-state index contributed by atoms with van der Waals surface area (Å²) < 4.78 is 7.02. The largest absolute Gasteiger partial charge is 0.489 e. The van der Waals surface area contributed by atoms with E-state index in [2.05, 4.69) is 36.7 Å². The minimum Gasteiger partial charge on any atom is -0.489 e. The minimum absolute atomic E-state index is 0.0353. The van der Waals surface area contributed by atoms with E-state index in [0.29, 0.717) is 6.54 Å². The molecule has 1 rings (SSSR count). The molecule has 0 aliphatic rings. The highest BCUT2D eigenvalue weighted by Gasteiger charge is 2.25. The average Bonchev–Trinajstić information content (AvgIpc) is 2.18. The van der Waals surface area contributed by atoms with E-state index in [1.165, 1.54) is 5.56 Å². The number of nitrogens with two attached hydrogens (primary N) is 1. The summed E-state index contributed by atoms with van der Waals surface area (Å²) in [6.45, 7) is 8.98. The lowest BCUT2D eigenvalue weighted by Crippen LogP contribution is -2.38. The van der Waals surface area contributed by atoms with Crippen molar-refractivity contribution < 1.29 is 4.74 Å². The van der Waals surface area contributed by atoms with Crippen molar-refractivity contribution >= 4 is 15.9 Å². The molecule has 1 aromatic carbocycles. The molecule has 1 atom stereocenters. The number of rotatable bonds is 3. The molecular formula is C13H20BrNO. The van der Waals surface area contributed by atoms with Crippen LogP contribution in [0.3, 0.4) is 0 Å². The molecule has 1 aromatic rings. The molecule has 1 unspecified atom stereocenters. The van der Waals surface area contributed by atoms with Gasteiger partial charge in [0.15, 0.2) is 0 Å². The number of benzene rings is 1. The number of aryl methyl sites for hydroxylation is 1. The smallest absolute Gasteiger partial charge is 0.120 e. The SMILES string of the molecule is Cc1cc(OC(CN)C(C)(C)C)ccc1Br. The van der Waals surface area contributed by atoms with E-state index in [0.717, 1.165) is 10.2 Å². The van der Waals surface area contributed by atoms with Gasteiger partial charge >= 0.3 is 0 Å². The van der Waals surface area contributed by atoms with Crippen LogP contribution >= 0.6 is 15.9 Å². The van der Waals surface area contributed by atoms with Gasteiger partial charge in [-0.2, -0.15) is 0 Å². The van der Waals surface area contributed by atoms with Gasteiger partial charge in [0, 0.05) is 16.4 Å². The maximum absolute atomic E-state index is 5.92. The molecule has 0 heterocycles. The van der Waals surface area contributed by atoms with E-state index >= 15 is 0 Å². The van der Waals surface area contributed by atoms with Crippen LogP contribution < -0.4 is 10.5 Å². The zero-order chi connectivity index (χ0) is 12.3. The first kappa shape index (κ1) is 13.5. The van der Waals surface area contributed by atoms with Crippen molar-refractivity contribution in [3.05, 3.63) is 28.2 Å². The number of halogens is 1. The first-order valence-corrected chi connectivity index (χ1v) is 6.27. The van der Waals surface area contributed by atoms with Crippen LogP contribution in [0.15, 0.2) is 22.7 Å². The van der Waals surface area contributed by atoms with Crippen molar-refractivity contribution in [1.82, 2.24) is 0 Å². The molecule has 0 aliphatic carbocycles. The Bertz CT molecular complexity index is 357. The number of hydrogen-bond acceptors (Lipinski definition) is 2. The fourth-order valence-corrected chi connectivity index (χ4v) is 1.68. The first-order chi connectivity index (χ1) is 7.34. The highest BCUT2D eigenvalue weighted by molar-refractivity contribution is 9.10. The monoisotopic (exact) mass is 285 g/mol. The van der Waals surface area contributed by atoms with Gasteiger partial charge in [0.05, 0.1) is 0 Å². The summed E-state index contributed by atoms with van der Waals surface area (Å²) in [7, 11) is 0. The Morgan fingerprint density at radius 2 is 2.00 bits per heavy atom. The minimum atomic E-state index is 0.0353. The summed E-state index contributed by atoms with van der Waals surface area (Å²) in [4.78, 5) is 0. The molecule has 0 fully saturated rings. The van der Waals surface area contributed by atoms with E-state index in [4.69, 9.17) is 10.5 Å². The Balaban J connectivity index is 2.83. The van der Waals surface area contributed by atoms with Gasteiger partial charge in [0.25, 0.3) is 0 Å². The molecule has 3 heteroatoms. The molecule has 0 aromatic heterocycles. The summed E-state index contributed by atoms with van der Waals surface area (Å²) in [6, 6.07) is 5.99. The number of ether oxygens (including phenoxy) is 1. The third kappa shape index (κ3) is 3.49. The molecule has 0 radical (unpaired) electrons. The van der Waals surface area contributed by atoms with Crippen molar-refractivity contribution in [3.63, 3.8) is 0 Å². The van der Waals surface area contributed by atoms with Gasteiger partial charge in [-0.05, 0) is 30.7 Å². The second-order valence-corrected chi connectivity index (χ2v) is 5.97. The maximum atomic E-state index is 5.92. The standard InChI is InChI=1S/C13H20BrNO/c1-9-7-10(5-6-11(9)14)16-12(8-15)13(2,3)4/h5-7,12H,8,15H2,1-4H3. The third-order valence-corrected chi connectivity index (χ3v) is 3.48. The summed E-state index contributed by atoms with van der Waals surface area (Å²) in [6.07, 6.45) is 0.0353. The number of hydrogen-bond donors (Lipinski definition) is 1. The molecule has 90 valence electrons. The summed E-state index contributed by atoms with van der Waals surface area (Å²) in [5.74, 6) is 0.881. The van der Waals surface area contributed by atoms with E-state index in [-0.39, 0.29) is 11.5 Å². The Morgan fingerprint density at radius 3 is 2.44 bits per heavy atom. The van der Waals surface area contributed by atoms with Crippen molar-refractivity contribution in [2.75, 3.05) is 6.54 Å². The third-order valence-electron chi connectivity index (χ3n) is 2.59. The van der Waals surface area contributed by atoms with Gasteiger partial charge in [-0.25, -0.2) is 0 Å². The normalized spacial score (nSPS) is 13.6. The molecule has 0 saturated heterocycles. The van der Waals surface area contributed by atoms with Crippen LogP contribution in [0.4, 0.5) is 0 Å². The molecular weight excluding hydrogens is 266 g/mol. The van der Waals surface area contributed by atoms with Gasteiger partial charge in [0.2, 0.25) is 0 Å². The van der Waals surface area contributed by atoms with Crippen molar-refractivity contribution in [2.24, 2.45) is 11.1 Å². The Morgan fingerprint density at radius 1 is 1.38 bits per heavy atom. The summed E-state index contributed by atoms with van der Waals surface area (Å²) in [5.41, 5.74) is 6.96. The molecule has 2 N–H and O–H groups in total. The lowest BCUT2D eigenvalue weighted by molar-refractivity contribution is 0.0941. The zero-order valence-corrected chi connectivity index (χ0v) is 12.0. The molecule has 16 heavy (non-hydrogen) atoms. The van der Waals surface area contributed by atoms with E-state index < -0.39 is 0 Å². The van der Waals surface area contributed by atoms with Gasteiger partial charge in [0.1, 0.15) is 11.9 Å². The van der Waals surface area contributed by atoms with Gasteiger partial charge in [-0.1, -0.05) is 36.7 Å². The predicted molar refractivity (Wildman–Crippen MR) is 71.8 cm³/mol. The molecule has 2 nitrogen and oxygen atoms in total. The van der Waals surface area contributed by atoms with E-state index in [9.17, 15) is 0 Å². The summed E-state index contributed by atoms with van der Waals surface area (Å²) in [5, 5.41) is 0. The predicted octanol–water partition coefficient (Wildman–Crippen LogP) is 3.51. The highest BCUT2D eigenvalue weighted by atomic mass is 79.9. The summed E-state index contributed by atoms with van der Waals surface area (Å²) >= 11 is 3.47. The van der Waals surface area contributed by atoms with E-state index in [1.807, 2.05) is 25.1 Å². The van der Waals surface area contributed by atoms with Crippen LogP contribution in [0.2, 0.25) is 0 Å². The topological polar surface area (TPSA) is 35.2 Å². The van der Waals surface area contributed by atoms with Gasteiger partial charge in [-0.3, -0.25) is 0 Å². The Hall–Kier alpha value is -0.540. The maximum Gasteiger partial charge on any atom is 0.120 e. The second-order valence-electron chi connectivity index (χ2n) is 5.12. The lowest BCUT2D eigenvalue weighted by Gasteiger charge is -2.30. The quantitative estimate of drug-likeness (QED) is 0.922. The first-order valence-electron chi connectivity index (χ1n) is 5.47. The molecule has 0 aliphatic heterocycles. The molecule has 0 spiro atoms. The fourth-order valence-electron chi connectivity index (χ4n) is 1.43. The van der Waals surface area contributed by atoms with Crippen LogP contribution in [-0.2, 0) is 0 Å². The van der Waals surface area contributed by atoms with Gasteiger partial charge in [-0.15, -0.1) is 0 Å².